The van der Waals surface area contributed by atoms with Crippen molar-refractivity contribution in [1.82, 2.24) is 25.0 Å². The predicted octanol–water partition coefficient (Wildman–Crippen LogP) is 2.78. The Morgan fingerprint density at radius 3 is 2.86 bits per heavy atom. The molecule has 0 aromatic carbocycles. The fourth-order valence-electron chi connectivity index (χ4n) is 2.28. The van der Waals surface area contributed by atoms with Gasteiger partial charge in [0.25, 0.3) is 0 Å². The number of thioether (sulfide) groups is 1. The zero-order valence-corrected chi connectivity index (χ0v) is 12.9. The van der Waals surface area contributed by atoms with Crippen LogP contribution in [0.1, 0.15) is 42.1 Å². The topological polar surface area (TPSA) is 82.8 Å². The molecule has 1 aliphatic rings. The van der Waals surface area contributed by atoms with Gasteiger partial charge in [-0.25, -0.2) is 0 Å². The van der Waals surface area contributed by atoms with Crippen LogP contribution in [0, 0.1) is 6.92 Å². The van der Waals surface area contributed by atoms with Crippen molar-refractivity contribution >= 4 is 11.8 Å². The van der Waals surface area contributed by atoms with Gasteiger partial charge in [0.2, 0.25) is 11.8 Å². The summed E-state index contributed by atoms with van der Waals surface area (Å²) in [7, 11) is 0. The lowest BCUT2D eigenvalue weighted by atomic mass is 10.3. The molecule has 0 aliphatic heterocycles. The first-order chi connectivity index (χ1) is 10.8. The molecule has 0 unspecified atom stereocenters. The monoisotopic (exact) mass is 317 g/mol. The third-order valence-corrected chi connectivity index (χ3v) is 4.43. The molecule has 114 valence electrons. The molecule has 0 spiro atoms. The van der Waals surface area contributed by atoms with Crippen molar-refractivity contribution in [2.24, 2.45) is 0 Å². The molecule has 0 amide bonds. The summed E-state index contributed by atoms with van der Waals surface area (Å²) in [5.41, 5.74) is 0. The Morgan fingerprint density at radius 1 is 1.27 bits per heavy atom. The van der Waals surface area contributed by atoms with E-state index in [0.29, 0.717) is 30.0 Å². The Balaban J connectivity index is 1.55. The molecular weight excluding hydrogens is 302 g/mol. The SMILES string of the molecule is Cc1nnc(CSc2nnc(C3CC3)n2Cc2ccco2)o1. The molecule has 8 heteroatoms. The van der Waals surface area contributed by atoms with Gasteiger partial charge in [0.1, 0.15) is 11.6 Å². The van der Waals surface area contributed by atoms with E-state index in [1.54, 1.807) is 24.9 Å². The molecule has 4 rings (SSSR count). The van der Waals surface area contributed by atoms with Crippen LogP contribution < -0.4 is 0 Å². The van der Waals surface area contributed by atoms with E-state index in [1.807, 2.05) is 12.1 Å². The van der Waals surface area contributed by atoms with Crippen molar-refractivity contribution in [3.8, 4) is 0 Å². The summed E-state index contributed by atoms with van der Waals surface area (Å²) in [6, 6.07) is 3.86. The van der Waals surface area contributed by atoms with E-state index >= 15 is 0 Å². The molecule has 7 nitrogen and oxygen atoms in total. The lowest BCUT2D eigenvalue weighted by molar-refractivity contribution is 0.477. The minimum Gasteiger partial charge on any atom is -0.467 e. The van der Waals surface area contributed by atoms with E-state index < -0.39 is 0 Å². The van der Waals surface area contributed by atoms with Crippen LogP contribution in [0.25, 0.3) is 0 Å². The maximum Gasteiger partial charge on any atom is 0.226 e. The fraction of sp³-hybridized carbons (Fsp3) is 0.429. The summed E-state index contributed by atoms with van der Waals surface area (Å²) in [5, 5.41) is 17.4. The van der Waals surface area contributed by atoms with Gasteiger partial charge >= 0.3 is 0 Å². The van der Waals surface area contributed by atoms with Gasteiger partial charge in [-0.3, -0.25) is 4.57 Å². The molecule has 1 saturated carbocycles. The highest BCUT2D eigenvalue weighted by Gasteiger charge is 2.30. The summed E-state index contributed by atoms with van der Waals surface area (Å²) >= 11 is 1.55. The highest BCUT2D eigenvalue weighted by molar-refractivity contribution is 7.98. The van der Waals surface area contributed by atoms with Crippen molar-refractivity contribution in [3.05, 3.63) is 41.8 Å². The second-order valence-electron chi connectivity index (χ2n) is 5.28. The van der Waals surface area contributed by atoms with Gasteiger partial charge in [-0.05, 0) is 25.0 Å². The predicted molar refractivity (Wildman–Crippen MR) is 78.4 cm³/mol. The molecule has 0 radical (unpaired) electrons. The molecule has 0 saturated heterocycles. The smallest absolute Gasteiger partial charge is 0.226 e. The standard InChI is InChI=1S/C14H15N5O2S/c1-9-15-16-12(21-9)8-22-14-18-17-13(10-4-5-10)19(14)7-11-3-2-6-20-11/h2-3,6,10H,4-5,7-8H2,1H3. The van der Waals surface area contributed by atoms with Crippen LogP contribution in [0.3, 0.4) is 0 Å². The van der Waals surface area contributed by atoms with Crippen LogP contribution in [0.5, 0.6) is 0 Å². The first kappa shape index (κ1) is 13.6. The van der Waals surface area contributed by atoms with Gasteiger partial charge in [-0.1, -0.05) is 11.8 Å². The number of rotatable bonds is 6. The van der Waals surface area contributed by atoms with E-state index in [1.165, 1.54) is 12.8 Å². The Kier molecular flexibility index (Phi) is 3.45. The molecule has 3 aromatic heterocycles. The van der Waals surface area contributed by atoms with Gasteiger partial charge in [-0.2, -0.15) is 0 Å². The Bertz CT molecular complexity index is 760. The van der Waals surface area contributed by atoms with Crippen LogP contribution in [-0.2, 0) is 12.3 Å². The van der Waals surface area contributed by atoms with Crippen molar-refractivity contribution in [3.63, 3.8) is 0 Å². The minimum absolute atomic E-state index is 0.530. The lowest BCUT2D eigenvalue weighted by Gasteiger charge is -2.07. The largest absolute Gasteiger partial charge is 0.467 e. The minimum atomic E-state index is 0.530. The summed E-state index contributed by atoms with van der Waals surface area (Å²) in [5.74, 6) is 4.23. The van der Waals surface area contributed by atoms with Crippen molar-refractivity contribution < 1.29 is 8.83 Å². The molecule has 1 aliphatic carbocycles. The summed E-state index contributed by atoms with van der Waals surface area (Å²) < 4.78 is 13.0. The highest BCUT2D eigenvalue weighted by atomic mass is 32.2. The molecule has 3 heterocycles. The van der Waals surface area contributed by atoms with Crippen LogP contribution in [0.2, 0.25) is 0 Å². The quantitative estimate of drug-likeness (QED) is 0.646. The van der Waals surface area contributed by atoms with E-state index in [9.17, 15) is 0 Å². The van der Waals surface area contributed by atoms with Crippen LogP contribution >= 0.6 is 11.8 Å². The maximum atomic E-state index is 5.46. The average molecular weight is 317 g/mol. The molecular formula is C14H15N5O2S. The molecule has 0 N–H and O–H groups in total. The summed E-state index contributed by atoms with van der Waals surface area (Å²) in [6.07, 6.45) is 4.05. The van der Waals surface area contributed by atoms with Gasteiger partial charge in [-0.15, -0.1) is 20.4 Å². The number of nitrogens with zero attached hydrogens (tertiary/aromatic N) is 5. The third-order valence-electron chi connectivity index (χ3n) is 3.47. The first-order valence-corrected chi connectivity index (χ1v) is 8.15. The fourth-order valence-corrected chi connectivity index (χ4v) is 3.06. The van der Waals surface area contributed by atoms with Crippen molar-refractivity contribution in [2.75, 3.05) is 0 Å². The zero-order valence-electron chi connectivity index (χ0n) is 12.1. The van der Waals surface area contributed by atoms with Gasteiger partial charge in [0.15, 0.2) is 5.16 Å². The first-order valence-electron chi connectivity index (χ1n) is 7.17. The van der Waals surface area contributed by atoms with E-state index in [-0.39, 0.29) is 0 Å². The Labute approximate surface area is 131 Å². The van der Waals surface area contributed by atoms with Gasteiger partial charge in [0, 0.05) is 12.8 Å². The number of hydrogen-bond donors (Lipinski definition) is 0. The Hall–Kier alpha value is -2.09. The zero-order chi connectivity index (χ0) is 14.9. The van der Waals surface area contributed by atoms with Crippen LogP contribution in [-0.4, -0.2) is 25.0 Å². The third kappa shape index (κ3) is 2.78. The van der Waals surface area contributed by atoms with Crippen molar-refractivity contribution in [2.45, 2.75) is 43.1 Å². The van der Waals surface area contributed by atoms with Crippen LogP contribution in [0.4, 0.5) is 0 Å². The number of furan rings is 1. The maximum absolute atomic E-state index is 5.46. The van der Waals surface area contributed by atoms with Gasteiger partial charge < -0.3 is 8.83 Å². The average Bonchev–Trinajstić information content (AvgIpc) is 2.91. The van der Waals surface area contributed by atoms with E-state index in [0.717, 1.165) is 16.7 Å². The highest BCUT2D eigenvalue weighted by Crippen LogP contribution is 2.40. The molecule has 0 bridgehead atoms. The summed E-state index contributed by atoms with van der Waals surface area (Å²) in [4.78, 5) is 0. The van der Waals surface area contributed by atoms with E-state index in [2.05, 4.69) is 25.0 Å². The van der Waals surface area contributed by atoms with E-state index in [4.69, 9.17) is 8.83 Å². The number of aryl methyl sites for hydroxylation is 1. The molecule has 22 heavy (non-hydrogen) atoms. The van der Waals surface area contributed by atoms with Crippen molar-refractivity contribution in [1.29, 1.82) is 0 Å². The second-order valence-corrected chi connectivity index (χ2v) is 6.23. The molecule has 3 aromatic rings. The summed E-state index contributed by atoms with van der Waals surface area (Å²) in [6.45, 7) is 2.43. The second kappa shape index (κ2) is 5.60. The number of hydrogen-bond acceptors (Lipinski definition) is 7. The Morgan fingerprint density at radius 2 is 2.18 bits per heavy atom. The molecule has 1 fully saturated rings. The number of aromatic nitrogens is 5. The normalized spacial score (nSPS) is 14.6. The molecule has 0 atom stereocenters. The van der Waals surface area contributed by atoms with Crippen LogP contribution in [0.15, 0.2) is 32.4 Å². The lowest BCUT2D eigenvalue weighted by Crippen LogP contribution is -2.05. The van der Waals surface area contributed by atoms with Gasteiger partial charge in [0.05, 0.1) is 18.6 Å².